The fourth-order valence-electron chi connectivity index (χ4n) is 2.55. The zero-order valence-electron chi connectivity index (χ0n) is 10.5. The summed E-state index contributed by atoms with van der Waals surface area (Å²) < 4.78 is 0. The van der Waals surface area contributed by atoms with Crippen molar-refractivity contribution in [3.8, 4) is 0 Å². The molecule has 0 amide bonds. The van der Waals surface area contributed by atoms with Crippen LogP contribution in [0.1, 0.15) is 31.9 Å². The van der Waals surface area contributed by atoms with E-state index in [1.807, 2.05) is 24.3 Å². The lowest BCUT2D eigenvalue weighted by Gasteiger charge is -2.27. The second-order valence-corrected chi connectivity index (χ2v) is 4.98. The van der Waals surface area contributed by atoms with Gasteiger partial charge in [-0.1, -0.05) is 19.1 Å². The Labute approximate surface area is 103 Å². The molecular weight excluding hydrogens is 214 g/mol. The van der Waals surface area contributed by atoms with E-state index >= 15 is 0 Å². The fourth-order valence-corrected chi connectivity index (χ4v) is 2.55. The fraction of sp³-hybridized carbons (Fsp3) is 0.571. The van der Waals surface area contributed by atoms with E-state index < -0.39 is 6.10 Å². The van der Waals surface area contributed by atoms with E-state index in [1.54, 1.807) is 6.92 Å². The molecule has 1 aromatic carbocycles. The first-order valence-corrected chi connectivity index (χ1v) is 6.29. The van der Waals surface area contributed by atoms with Gasteiger partial charge < -0.3 is 15.1 Å². The number of rotatable bonds is 3. The zero-order chi connectivity index (χ0) is 12.4. The van der Waals surface area contributed by atoms with Gasteiger partial charge >= 0.3 is 0 Å². The number of aliphatic hydroxyl groups excluding tert-OH is 2. The lowest BCUT2D eigenvalue weighted by molar-refractivity contribution is 0.199. The molecule has 1 aliphatic rings. The second-order valence-electron chi connectivity index (χ2n) is 4.98. The van der Waals surface area contributed by atoms with Crippen molar-refractivity contribution in [2.24, 2.45) is 5.92 Å². The van der Waals surface area contributed by atoms with Gasteiger partial charge in [-0.3, -0.25) is 0 Å². The van der Waals surface area contributed by atoms with Crippen molar-refractivity contribution >= 4 is 5.69 Å². The third-order valence-electron chi connectivity index (χ3n) is 3.78. The van der Waals surface area contributed by atoms with Gasteiger partial charge in [0, 0.05) is 12.2 Å². The minimum atomic E-state index is -0.421. The topological polar surface area (TPSA) is 43.7 Å². The molecule has 3 atom stereocenters. The smallest absolute Gasteiger partial charge is 0.0761 e. The van der Waals surface area contributed by atoms with Crippen molar-refractivity contribution in [2.75, 3.05) is 18.1 Å². The summed E-state index contributed by atoms with van der Waals surface area (Å²) in [5.41, 5.74) is 2.07. The van der Waals surface area contributed by atoms with Crippen LogP contribution in [0, 0.1) is 5.92 Å². The van der Waals surface area contributed by atoms with Gasteiger partial charge in [0.05, 0.1) is 18.8 Å². The molecule has 2 rings (SSSR count). The lowest BCUT2D eigenvalue weighted by atomic mass is 10.0. The van der Waals surface area contributed by atoms with Gasteiger partial charge in [0.1, 0.15) is 0 Å². The Balaban J connectivity index is 2.17. The van der Waals surface area contributed by atoms with Crippen LogP contribution in [0.5, 0.6) is 0 Å². The van der Waals surface area contributed by atoms with Crippen LogP contribution >= 0.6 is 0 Å². The summed E-state index contributed by atoms with van der Waals surface area (Å²) in [7, 11) is 0. The second kappa shape index (κ2) is 5.07. The molecule has 0 aliphatic carbocycles. The molecule has 1 aromatic rings. The summed E-state index contributed by atoms with van der Waals surface area (Å²) >= 11 is 0. The van der Waals surface area contributed by atoms with Crippen molar-refractivity contribution in [2.45, 2.75) is 32.4 Å². The van der Waals surface area contributed by atoms with Gasteiger partial charge in [-0.2, -0.15) is 0 Å². The Morgan fingerprint density at radius 2 is 2.00 bits per heavy atom. The van der Waals surface area contributed by atoms with Crippen molar-refractivity contribution in [3.63, 3.8) is 0 Å². The molecule has 2 N–H and O–H groups in total. The van der Waals surface area contributed by atoms with Crippen LogP contribution in [0.15, 0.2) is 24.3 Å². The predicted octanol–water partition coefficient (Wildman–Crippen LogP) is 1.95. The van der Waals surface area contributed by atoms with Crippen LogP contribution in [0.3, 0.4) is 0 Å². The zero-order valence-corrected chi connectivity index (χ0v) is 10.5. The predicted molar refractivity (Wildman–Crippen MR) is 69.1 cm³/mol. The summed E-state index contributed by atoms with van der Waals surface area (Å²) in [5.74, 6) is 0.538. The van der Waals surface area contributed by atoms with Gasteiger partial charge in [0.15, 0.2) is 0 Å². The normalized spacial score (nSPS) is 26.2. The van der Waals surface area contributed by atoms with Crippen molar-refractivity contribution in [3.05, 3.63) is 29.8 Å². The molecule has 1 heterocycles. The number of anilines is 1. The molecule has 1 saturated heterocycles. The van der Waals surface area contributed by atoms with Crippen LogP contribution in [0.25, 0.3) is 0 Å². The van der Waals surface area contributed by atoms with E-state index in [0.29, 0.717) is 5.92 Å². The first-order valence-electron chi connectivity index (χ1n) is 6.29. The van der Waals surface area contributed by atoms with E-state index in [2.05, 4.69) is 11.8 Å². The number of aliphatic hydroxyl groups is 2. The molecule has 0 aromatic heterocycles. The maximum Gasteiger partial charge on any atom is 0.0761 e. The Hall–Kier alpha value is -1.06. The first kappa shape index (κ1) is 12.4. The summed E-state index contributed by atoms with van der Waals surface area (Å²) in [6, 6.07) is 8.20. The molecule has 0 bridgehead atoms. The van der Waals surface area contributed by atoms with Gasteiger partial charge in [-0.15, -0.1) is 0 Å². The molecule has 3 nitrogen and oxygen atoms in total. The maximum absolute atomic E-state index is 9.47. The molecule has 94 valence electrons. The van der Waals surface area contributed by atoms with Crippen molar-refractivity contribution in [1.29, 1.82) is 0 Å². The van der Waals surface area contributed by atoms with E-state index in [4.69, 9.17) is 0 Å². The van der Waals surface area contributed by atoms with Gasteiger partial charge in [-0.05, 0) is 37.0 Å². The molecular formula is C14H21NO2. The van der Waals surface area contributed by atoms with Crippen LogP contribution < -0.4 is 4.90 Å². The Morgan fingerprint density at radius 3 is 2.53 bits per heavy atom. The van der Waals surface area contributed by atoms with E-state index in [9.17, 15) is 10.2 Å². The minimum Gasteiger partial charge on any atom is -0.394 e. The lowest BCUT2D eigenvalue weighted by Crippen LogP contribution is -2.35. The molecule has 1 aliphatic heterocycles. The highest BCUT2D eigenvalue weighted by Gasteiger charge is 2.30. The minimum absolute atomic E-state index is 0.208. The maximum atomic E-state index is 9.47. The highest BCUT2D eigenvalue weighted by atomic mass is 16.3. The number of hydrogen-bond acceptors (Lipinski definition) is 3. The molecule has 3 heteroatoms. The van der Waals surface area contributed by atoms with E-state index in [1.165, 1.54) is 0 Å². The van der Waals surface area contributed by atoms with Gasteiger partial charge in [0.25, 0.3) is 0 Å². The monoisotopic (exact) mass is 235 g/mol. The average Bonchev–Trinajstić information content (AvgIpc) is 2.70. The number of nitrogens with zero attached hydrogens (tertiary/aromatic N) is 1. The highest BCUT2D eigenvalue weighted by molar-refractivity contribution is 5.50. The highest BCUT2D eigenvalue weighted by Crippen LogP contribution is 2.30. The van der Waals surface area contributed by atoms with Crippen LogP contribution in [-0.2, 0) is 0 Å². The summed E-state index contributed by atoms with van der Waals surface area (Å²) in [6.45, 7) is 5.16. The summed E-state index contributed by atoms with van der Waals surface area (Å²) in [6.07, 6.45) is 0.707. The van der Waals surface area contributed by atoms with Crippen LogP contribution in [0.4, 0.5) is 5.69 Å². The van der Waals surface area contributed by atoms with Crippen molar-refractivity contribution < 1.29 is 10.2 Å². The number of benzene rings is 1. The van der Waals surface area contributed by atoms with Gasteiger partial charge in [-0.25, -0.2) is 0 Å². The number of hydrogen-bond donors (Lipinski definition) is 2. The molecule has 17 heavy (non-hydrogen) atoms. The largest absolute Gasteiger partial charge is 0.394 e. The van der Waals surface area contributed by atoms with E-state index in [0.717, 1.165) is 24.2 Å². The SMILES string of the molecule is CC(O)c1ccc(N2CCC(C)C2CO)cc1. The molecule has 3 unspecified atom stereocenters. The molecule has 0 radical (unpaired) electrons. The summed E-state index contributed by atoms with van der Waals surface area (Å²) in [4.78, 5) is 2.26. The van der Waals surface area contributed by atoms with Crippen molar-refractivity contribution in [1.82, 2.24) is 0 Å². The van der Waals surface area contributed by atoms with Crippen LogP contribution in [-0.4, -0.2) is 29.4 Å². The van der Waals surface area contributed by atoms with Crippen LogP contribution in [0.2, 0.25) is 0 Å². The Bertz CT molecular complexity index is 361. The van der Waals surface area contributed by atoms with E-state index in [-0.39, 0.29) is 12.6 Å². The average molecular weight is 235 g/mol. The Morgan fingerprint density at radius 1 is 1.35 bits per heavy atom. The summed E-state index contributed by atoms with van der Waals surface area (Å²) in [5, 5.41) is 18.9. The quantitative estimate of drug-likeness (QED) is 0.841. The first-order chi connectivity index (χ1) is 8.13. The van der Waals surface area contributed by atoms with Gasteiger partial charge in [0.2, 0.25) is 0 Å². The molecule has 0 saturated carbocycles. The standard InChI is InChI=1S/C14H21NO2/c1-10-7-8-15(14(10)9-16)13-5-3-12(4-6-13)11(2)17/h3-6,10-11,14,16-17H,7-9H2,1-2H3. The third-order valence-corrected chi connectivity index (χ3v) is 3.78. The Kier molecular flexibility index (Phi) is 3.69. The third kappa shape index (κ3) is 2.45. The molecule has 1 fully saturated rings. The molecule has 0 spiro atoms.